The molecule has 0 fully saturated rings. The molecule has 174 valence electrons. The summed E-state index contributed by atoms with van der Waals surface area (Å²) in [6.07, 6.45) is 1.99. The number of phenols is 1. The smallest absolute Gasteiger partial charge is 0.234 e. The highest BCUT2D eigenvalue weighted by Gasteiger charge is 2.17. The summed E-state index contributed by atoms with van der Waals surface area (Å²) < 4.78 is 7.36. The number of phenolic OH excluding ortho intramolecular Hbond substituents is 1. The van der Waals surface area contributed by atoms with Crippen LogP contribution in [0.1, 0.15) is 19.1 Å². The van der Waals surface area contributed by atoms with Gasteiger partial charge in [0.2, 0.25) is 11.8 Å². The standard InChI is InChI=1S/C24H23N5O4S/c1-2-21(31)25-17-7-9-18(10-8-17)26-22(32)15-34-24-28-27-23(16-5-11-19(30)12-6-16)29(24)14-20-4-3-13-33-20/h3-13,30H,2,14-15H2,1H3,(H,25,31)(H,26,32). The fourth-order valence-electron chi connectivity index (χ4n) is 3.13. The predicted molar refractivity (Wildman–Crippen MR) is 130 cm³/mol. The Balaban J connectivity index is 1.44. The zero-order valence-corrected chi connectivity index (χ0v) is 19.2. The molecule has 2 aromatic heterocycles. The first-order valence-electron chi connectivity index (χ1n) is 10.6. The summed E-state index contributed by atoms with van der Waals surface area (Å²) >= 11 is 1.26. The Morgan fingerprint density at radius 1 is 0.971 bits per heavy atom. The minimum atomic E-state index is -0.200. The number of rotatable bonds is 9. The second kappa shape index (κ2) is 10.7. The van der Waals surface area contributed by atoms with Gasteiger partial charge in [0, 0.05) is 23.4 Å². The molecule has 0 saturated carbocycles. The molecule has 0 aliphatic rings. The molecule has 9 nitrogen and oxygen atoms in total. The Hall–Kier alpha value is -4.05. The molecule has 0 bridgehead atoms. The van der Waals surface area contributed by atoms with Gasteiger partial charge in [-0.1, -0.05) is 18.7 Å². The number of furan rings is 1. The van der Waals surface area contributed by atoms with Crippen molar-refractivity contribution in [1.82, 2.24) is 14.8 Å². The molecule has 10 heteroatoms. The van der Waals surface area contributed by atoms with Crippen molar-refractivity contribution >= 4 is 35.0 Å². The lowest BCUT2D eigenvalue weighted by Crippen LogP contribution is -2.15. The zero-order valence-electron chi connectivity index (χ0n) is 18.4. The summed E-state index contributed by atoms with van der Waals surface area (Å²) in [4.78, 5) is 24.0. The number of anilines is 2. The van der Waals surface area contributed by atoms with Gasteiger partial charge >= 0.3 is 0 Å². The SMILES string of the molecule is CCC(=O)Nc1ccc(NC(=O)CSc2nnc(-c3ccc(O)cc3)n2Cc2ccco2)cc1. The van der Waals surface area contributed by atoms with Crippen molar-refractivity contribution in [1.29, 1.82) is 0 Å². The van der Waals surface area contributed by atoms with Crippen molar-refractivity contribution in [3.8, 4) is 17.1 Å². The van der Waals surface area contributed by atoms with Crippen LogP contribution in [0.4, 0.5) is 11.4 Å². The second-order valence-electron chi connectivity index (χ2n) is 7.33. The molecule has 34 heavy (non-hydrogen) atoms. The summed E-state index contributed by atoms with van der Waals surface area (Å²) in [7, 11) is 0. The van der Waals surface area contributed by atoms with Gasteiger partial charge in [-0.15, -0.1) is 10.2 Å². The van der Waals surface area contributed by atoms with E-state index in [4.69, 9.17) is 4.42 Å². The Kier molecular flexibility index (Phi) is 7.28. The van der Waals surface area contributed by atoms with Crippen LogP contribution in [0.3, 0.4) is 0 Å². The third-order valence-electron chi connectivity index (χ3n) is 4.84. The van der Waals surface area contributed by atoms with Gasteiger partial charge < -0.3 is 20.2 Å². The maximum Gasteiger partial charge on any atom is 0.234 e. The number of carbonyl (C=O) groups excluding carboxylic acids is 2. The van der Waals surface area contributed by atoms with Crippen LogP contribution in [-0.4, -0.2) is 37.4 Å². The maximum absolute atomic E-state index is 12.5. The lowest BCUT2D eigenvalue weighted by Gasteiger charge is -2.10. The molecule has 0 aliphatic carbocycles. The summed E-state index contributed by atoms with van der Waals surface area (Å²) in [5, 5.41) is 24.3. The molecule has 0 saturated heterocycles. The van der Waals surface area contributed by atoms with E-state index in [1.807, 2.05) is 10.6 Å². The summed E-state index contributed by atoms with van der Waals surface area (Å²) in [6, 6.07) is 17.3. The van der Waals surface area contributed by atoms with Crippen molar-refractivity contribution in [3.63, 3.8) is 0 Å². The molecule has 0 atom stereocenters. The highest BCUT2D eigenvalue weighted by atomic mass is 32.2. The Morgan fingerprint density at radius 3 is 2.26 bits per heavy atom. The number of hydrogen-bond donors (Lipinski definition) is 3. The number of aromatic hydroxyl groups is 1. The van der Waals surface area contributed by atoms with Crippen molar-refractivity contribution in [2.45, 2.75) is 25.0 Å². The van der Waals surface area contributed by atoms with Crippen LogP contribution >= 0.6 is 11.8 Å². The molecule has 4 aromatic rings. The van der Waals surface area contributed by atoms with E-state index in [0.29, 0.717) is 35.3 Å². The van der Waals surface area contributed by atoms with E-state index >= 15 is 0 Å². The topological polar surface area (TPSA) is 122 Å². The van der Waals surface area contributed by atoms with Crippen LogP contribution < -0.4 is 10.6 Å². The van der Waals surface area contributed by atoms with Crippen LogP contribution in [0.15, 0.2) is 76.5 Å². The fraction of sp³-hybridized carbons (Fsp3) is 0.167. The van der Waals surface area contributed by atoms with E-state index in [0.717, 1.165) is 11.3 Å². The molecule has 2 aromatic carbocycles. The third kappa shape index (κ3) is 5.84. The third-order valence-corrected chi connectivity index (χ3v) is 5.81. The number of hydrogen-bond acceptors (Lipinski definition) is 7. The van der Waals surface area contributed by atoms with E-state index < -0.39 is 0 Å². The number of carbonyl (C=O) groups is 2. The Bertz CT molecular complexity index is 1250. The number of benzene rings is 2. The second-order valence-corrected chi connectivity index (χ2v) is 8.28. The number of aromatic nitrogens is 3. The van der Waals surface area contributed by atoms with Crippen molar-refractivity contribution in [2.75, 3.05) is 16.4 Å². The summed E-state index contributed by atoms with van der Waals surface area (Å²) in [6.45, 7) is 2.18. The first-order chi connectivity index (χ1) is 16.5. The van der Waals surface area contributed by atoms with E-state index in [2.05, 4.69) is 20.8 Å². The monoisotopic (exact) mass is 477 g/mol. The van der Waals surface area contributed by atoms with Gasteiger partial charge in [-0.05, 0) is 60.7 Å². The zero-order chi connectivity index (χ0) is 23.9. The van der Waals surface area contributed by atoms with Gasteiger partial charge in [0.05, 0.1) is 18.6 Å². The van der Waals surface area contributed by atoms with Crippen LogP contribution in [0.25, 0.3) is 11.4 Å². The lowest BCUT2D eigenvalue weighted by atomic mass is 10.2. The van der Waals surface area contributed by atoms with Gasteiger partial charge in [0.1, 0.15) is 11.5 Å². The van der Waals surface area contributed by atoms with Gasteiger partial charge in [0.25, 0.3) is 0 Å². The first-order valence-corrected chi connectivity index (χ1v) is 11.6. The number of thioether (sulfide) groups is 1. The normalized spacial score (nSPS) is 10.7. The molecule has 4 rings (SSSR count). The maximum atomic E-state index is 12.5. The molecule has 0 aliphatic heterocycles. The lowest BCUT2D eigenvalue weighted by molar-refractivity contribution is -0.116. The van der Waals surface area contributed by atoms with Crippen LogP contribution in [0.2, 0.25) is 0 Å². The molecule has 3 N–H and O–H groups in total. The number of nitrogens with one attached hydrogen (secondary N) is 2. The van der Waals surface area contributed by atoms with E-state index in [1.54, 1.807) is 67.8 Å². The largest absolute Gasteiger partial charge is 0.508 e. The van der Waals surface area contributed by atoms with Crippen molar-refractivity contribution < 1.29 is 19.1 Å². The van der Waals surface area contributed by atoms with Crippen LogP contribution in [0, 0.1) is 0 Å². The van der Waals surface area contributed by atoms with E-state index in [9.17, 15) is 14.7 Å². The van der Waals surface area contributed by atoms with Gasteiger partial charge in [-0.2, -0.15) is 0 Å². The first kappa shape index (κ1) is 23.1. The van der Waals surface area contributed by atoms with Crippen molar-refractivity contribution in [2.24, 2.45) is 0 Å². The number of amides is 2. The van der Waals surface area contributed by atoms with E-state index in [1.165, 1.54) is 11.8 Å². The minimum Gasteiger partial charge on any atom is -0.508 e. The van der Waals surface area contributed by atoms with Gasteiger partial charge in [-0.25, -0.2) is 0 Å². The average Bonchev–Trinajstić information content (AvgIpc) is 3.50. The molecule has 0 spiro atoms. The quantitative estimate of drug-likeness (QED) is 0.306. The Labute approximate surface area is 200 Å². The van der Waals surface area contributed by atoms with Crippen LogP contribution in [0.5, 0.6) is 5.75 Å². The fourth-order valence-corrected chi connectivity index (χ4v) is 3.87. The highest BCUT2D eigenvalue weighted by molar-refractivity contribution is 7.99. The average molecular weight is 478 g/mol. The van der Waals surface area contributed by atoms with Crippen LogP contribution in [-0.2, 0) is 16.1 Å². The summed E-state index contributed by atoms with van der Waals surface area (Å²) in [5.74, 6) is 1.34. The molecular weight excluding hydrogens is 454 g/mol. The van der Waals surface area contributed by atoms with E-state index in [-0.39, 0.29) is 23.3 Å². The molecule has 2 amide bonds. The number of nitrogens with zero attached hydrogens (tertiary/aromatic N) is 3. The summed E-state index contributed by atoms with van der Waals surface area (Å²) in [5.41, 5.74) is 2.08. The Morgan fingerprint density at radius 2 is 1.65 bits per heavy atom. The minimum absolute atomic E-state index is 0.0708. The highest BCUT2D eigenvalue weighted by Crippen LogP contribution is 2.27. The van der Waals surface area contributed by atoms with Gasteiger partial charge in [0.15, 0.2) is 11.0 Å². The predicted octanol–water partition coefficient (Wildman–Crippen LogP) is 4.37. The molecule has 0 unspecified atom stereocenters. The molecule has 2 heterocycles. The molecular formula is C24H23N5O4S. The van der Waals surface area contributed by atoms with Crippen molar-refractivity contribution in [3.05, 3.63) is 72.7 Å². The van der Waals surface area contributed by atoms with Gasteiger partial charge in [-0.3, -0.25) is 14.2 Å². The molecule has 0 radical (unpaired) electrons.